The molecule has 2 aliphatic heterocycles. The summed E-state index contributed by atoms with van der Waals surface area (Å²) < 4.78 is 0. The van der Waals surface area contributed by atoms with E-state index in [0.29, 0.717) is 28.5 Å². The lowest BCUT2D eigenvalue weighted by Gasteiger charge is -2.29. The highest BCUT2D eigenvalue weighted by Crippen LogP contribution is 2.24. The van der Waals surface area contributed by atoms with E-state index in [2.05, 4.69) is 10.6 Å². The number of hydrogen-bond donors (Lipinski definition) is 2. The summed E-state index contributed by atoms with van der Waals surface area (Å²) in [6.07, 6.45) is 0. The van der Waals surface area contributed by atoms with Crippen LogP contribution in [0, 0.1) is 5.92 Å². The lowest BCUT2D eigenvalue weighted by Crippen LogP contribution is -2.51. The van der Waals surface area contributed by atoms with Gasteiger partial charge >= 0.3 is 6.03 Å². The van der Waals surface area contributed by atoms with Crippen LogP contribution in [0.25, 0.3) is 0 Å². The lowest BCUT2D eigenvalue weighted by atomic mass is 9.96. The van der Waals surface area contributed by atoms with Gasteiger partial charge in [-0.2, -0.15) is 0 Å². The largest absolute Gasteiger partial charge is 0.334 e. The molecule has 0 saturated carbocycles. The van der Waals surface area contributed by atoms with E-state index in [1.807, 2.05) is 11.0 Å². The Morgan fingerprint density at radius 2 is 2.26 bits per heavy atom. The monoisotopic (exact) mass is 299 g/mol. The quantitative estimate of drug-likeness (QED) is 0.878. The number of nitrogens with one attached hydrogen (secondary N) is 2. The van der Waals surface area contributed by atoms with Gasteiger partial charge in [0.2, 0.25) is 0 Å². The summed E-state index contributed by atoms with van der Waals surface area (Å²) in [5.41, 5.74) is 0.875. The first-order chi connectivity index (χ1) is 9.13. The number of benzene rings is 1. The van der Waals surface area contributed by atoms with E-state index in [1.165, 1.54) is 0 Å². The van der Waals surface area contributed by atoms with E-state index in [4.69, 9.17) is 23.2 Å². The number of urea groups is 1. The fourth-order valence-corrected chi connectivity index (χ4v) is 3.04. The van der Waals surface area contributed by atoms with E-state index in [1.54, 1.807) is 12.1 Å². The van der Waals surface area contributed by atoms with Crippen molar-refractivity contribution in [2.24, 2.45) is 5.92 Å². The second-order valence-corrected chi connectivity index (χ2v) is 5.92. The second kappa shape index (κ2) is 5.19. The zero-order valence-corrected chi connectivity index (χ0v) is 11.8. The van der Waals surface area contributed by atoms with Gasteiger partial charge in [0, 0.05) is 48.2 Å². The Hall–Kier alpha value is -0.970. The van der Waals surface area contributed by atoms with Gasteiger partial charge in [-0.1, -0.05) is 29.3 Å². The molecule has 2 aliphatic rings. The molecule has 2 fully saturated rings. The Morgan fingerprint density at radius 1 is 1.42 bits per heavy atom. The summed E-state index contributed by atoms with van der Waals surface area (Å²) in [7, 11) is 0. The summed E-state index contributed by atoms with van der Waals surface area (Å²) in [6.45, 7) is 3.09. The van der Waals surface area contributed by atoms with Crippen LogP contribution in [0.5, 0.6) is 0 Å². The van der Waals surface area contributed by atoms with E-state index in [-0.39, 0.29) is 6.03 Å². The van der Waals surface area contributed by atoms with Gasteiger partial charge in [-0.25, -0.2) is 4.79 Å². The highest BCUT2D eigenvalue weighted by atomic mass is 35.5. The van der Waals surface area contributed by atoms with Crippen molar-refractivity contribution in [3.63, 3.8) is 0 Å². The standard InChI is InChI=1S/C13H15Cl2N3O/c14-10-2-1-8(11(15)3-10)4-17-13(19)18-6-9-5-16-12(9)7-18/h1-3,9,12,16H,4-7H2,(H,17,19). The van der Waals surface area contributed by atoms with Crippen LogP contribution in [0.15, 0.2) is 18.2 Å². The molecule has 0 spiro atoms. The predicted molar refractivity (Wildman–Crippen MR) is 75.6 cm³/mol. The normalized spacial score (nSPS) is 24.8. The van der Waals surface area contributed by atoms with Gasteiger partial charge in [-0.05, 0) is 17.7 Å². The first kappa shape index (κ1) is 13.0. The third-order valence-electron chi connectivity index (χ3n) is 3.82. The van der Waals surface area contributed by atoms with Crippen LogP contribution in [0.4, 0.5) is 4.79 Å². The van der Waals surface area contributed by atoms with Gasteiger partial charge in [-0.15, -0.1) is 0 Å². The van der Waals surface area contributed by atoms with Crippen LogP contribution < -0.4 is 10.6 Å². The second-order valence-electron chi connectivity index (χ2n) is 5.07. The van der Waals surface area contributed by atoms with E-state index < -0.39 is 0 Å². The minimum Gasteiger partial charge on any atom is -0.334 e. The molecule has 4 nitrogen and oxygen atoms in total. The molecule has 6 heteroatoms. The summed E-state index contributed by atoms with van der Waals surface area (Å²) in [6, 6.07) is 5.76. The highest BCUT2D eigenvalue weighted by Gasteiger charge is 2.40. The Balaban J connectivity index is 1.55. The van der Waals surface area contributed by atoms with E-state index >= 15 is 0 Å². The Labute approximate surface area is 122 Å². The molecule has 2 unspecified atom stereocenters. The Bertz CT molecular complexity index is 497. The maximum Gasteiger partial charge on any atom is 0.317 e. The summed E-state index contributed by atoms with van der Waals surface area (Å²) in [4.78, 5) is 13.9. The molecule has 0 radical (unpaired) electrons. The molecule has 2 N–H and O–H groups in total. The molecule has 1 aromatic carbocycles. The average Bonchev–Trinajstić information content (AvgIpc) is 2.64. The first-order valence-electron chi connectivity index (χ1n) is 6.33. The smallest absolute Gasteiger partial charge is 0.317 e. The molecular weight excluding hydrogens is 285 g/mol. The van der Waals surface area contributed by atoms with Crippen molar-refractivity contribution in [2.45, 2.75) is 12.6 Å². The zero-order valence-electron chi connectivity index (χ0n) is 10.3. The summed E-state index contributed by atoms with van der Waals surface area (Å²) in [5.74, 6) is 0.630. The van der Waals surface area contributed by atoms with Gasteiger partial charge in [0.05, 0.1) is 0 Å². The van der Waals surface area contributed by atoms with E-state index in [0.717, 1.165) is 25.2 Å². The topological polar surface area (TPSA) is 44.4 Å². The number of rotatable bonds is 2. The number of amides is 2. The number of halogens is 2. The zero-order chi connectivity index (χ0) is 13.4. The molecular formula is C13H15Cl2N3O. The summed E-state index contributed by atoms with van der Waals surface area (Å²) in [5, 5.41) is 7.40. The van der Waals surface area contributed by atoms with Crippen LogP contribution in [-0.4, -0.2) is 36.6 Å². The number of carbonyl (C=O) groups excluding carboxylic acids is 1. The van der Waals surface area contributed by atoms with Gasteiger partial charge in [0.15, 0.2) is 0 Å². The van der Waals surface area contributed by atoms with E-state index in [9.17, 15) is 4.79 Å². The highest BCUT2D eigenvalue weighted by molar-refractivity contribution is 6.35. The number of likely N-dealkylation sites (tertiary alicyclic amines) is 1. The van der Waals surface area contributed by atoms with Crippen molar-refractivity contribution in [1.82, 2.24) is 15.5 Å². The maximum absolute atomic E-state index is 12.0. The third-order valence-corrected chi connectivity index (χ3v) is 4.40. The fourth-order valence-electron chi connectivity index (χ4n) is 2.57. The molecule has 0 aromatic heterocycles. The van der Waals surface area contributed by atoms with Crippen molar-refractivity contribution >= 4 is 29.2 Å². The van der Waals surface area contributed by atoms with Crippen molar-refractivity contribution in [3.05, 3.63) is 33.8 Å². The van der Waals surface area contributed by atoms with Crippen molar-refractivity contribution in [1.29, 1.82) is 0 Å². The van der Waals surface area contributed by atoms with Gasteiger partial charge in [0.25, 0.3) is 0 Å². The predicted octanol–water partition coefficient (Wildman–Crippen LogP) is 2.11. The fraction of sp³-hybridized carbons (Fsp3) is 0.462. The average molecular weight is 300 g/mol. The molecule has 19 heavy (non-hydrogen) atoms. The molecule has 2 atom stereocenters. The molecule has 2 heterocycles. The van der Waals surface area contributed by atoms with Crippen LogP contribution in [0.2, 0.25) is 10.0 Å². The molecule has 0 bridgehead atoms. The number of fused-ring (bicyclic) bond motifs is 1. The maximum atomic E-state index is 12.0. The van der Waals surface area contributed by atoms with Crippen molar-refractivity contribution in [2.75, 3.05) is 19.6 Å². The number of hydrogen-bond acceptors (Lipinski definition) is 2. The minimum atomic E-state index is -0.0257. The van der Waals surface area contributed by atoms with Gasteiger partial charge < -0.3 is 15.5 Å². The Morgan fingerprint density at radius 3 is 2.84 bits per heavy atom. The molecule has 2 amide bonds. The van der Waals surface area contributed by atoms with Crippen LogP contribution in [0.3, 0.4) is 0 Å². The molecule has 0 aliphatic carbocycles. The molecule has 3 rings (SSSR count). The van der Waals surface area contributed by atoms with Gasteiger partial charge in [0.1, 0.15) is 0 Å². The molecule has 1 aromatic rings. The number of nitrogens with zero attached hydrogens (tertiary/aromatic N) is 1. The van der Waals surface area contributed by atoms with Crippen LogP contribution in [-0.2, 0) is 6.54 Å². The molecule has 2 saturated heterocycles. The van der Waals surface area contributed by atoms with Crippen molar-refractivity contribution < 1.29 is 4.79 Å². The summed E-state index contributed by atoms with van der Waals surface area (Å²) >= 11 is 11.9. The molecule has 102 valence electrons. The van der Waals surface area contributed by atoms with Crippen molar-refractivity contribution in [3.8, 4) is 0 Å². The van der Waals surface area contributed by atoms with Gasteiger partial charge in [-0.3, -0.25) is 0 Å². The van der Waals surface area contributed by atoms with Crippen LogP contribution >= 0.6 is 23.2 Å². The minimum absolute atomic E-state index is 0.0257. The van der Waals surface area contributed by atoms with Crippen LogP contribution in [0.1, 0.15) is 5.56 Å². The third kappa shape index (κ3) is 2.66. The lowest BCUT2D eigenvalue weighted by molar-refractivity contribution is 0.207. The first-order valence-corrected chi connectivity index (χ1v) is 7.09. The Kier molecular flexibility index (Phi) is 3.56. The SMILES string of the molecule is O=C(NCc1ccc(Cl)cc1Cl)N1CC2CNC2C1. The number of carbonyl (C=O) groups is 1.